The van der Waals surface area contributed by atoms with Crippen molar-refractivity contribution >= 4 is 58.1 Å². The lowest BCUT2D eigenvalue weighted by atomic mass is 9.99. The fourth-order valence-corrected chi connectivity index (χ4v) is 8.68. The number of H-pyrrole nitrogens is 1. The summed E-state index contributed by atoms with van der Waals surface area (Å²) in [5, 5.41) is 9.85. The number of benzene rings is 2. The number of nitrogens with zero attached hydrogens (tertiary/aromatic N) is 6. The van der Waals surface area contributed by atoms with Gasteiger partial charge >= 0.3 is 13.7 Å². The van der Waals surface area contributed by atoms with Gasteiger partial charge in [0.2, 0.25) is 5.43 Å². The first kappa shape index (κ1) is 33.9. The number of aromatic nitrogens is 4. The number of hydrogen-bond donors (Lipinski definition) is 3. The molecule has 2 aliphatic rings. The Morgan fingerprint density at radius 2 is 1.88 bits per heavy atom. The van der Waals surface area contributed by atoms with Gasteiger partial charge in [0.25, 0.3) is 0 Å². The molecule has 268 valence electrons. The summed E-state index contributed by atoms with van der Waals surface area (Å²) in [7, 11) is 0.291. The first-order valence-corrected chi connectivity index (χ1v) is 18.1. The number of likely N-dealkylation sites (N-methyl/N-ethyl adjacent to an activating group) is 1. The Kier molecular flexibility index (Phi) is 8.14. The summed E-state index contributed by atoms with van der Waals surface area (Å²) in [6.07, 6.45) is 5.16. The standard InChI is InChI=1S/C36H34F2N7O6P/c1-42-15-20-9-10-45(27(20)17-42)32-23(21-11-22-33(46)24(36(47)48)16-43(2)35(22)40-13-21)14-39-34-29(32)28-30(38)25(37)12-26(31(28)41-34)44(3)52(49,50)51-18-19-7-5-4-6-8-19/h4-8,11-14,16,20,27H,9-10,15,17-18H2,1-3H3,(H,39,41)(H,47,48)(H,49,50)/t20-,27+/m1/s1. The molecule has 6 heterocycles. The van der Waals surface area contributed by atoms with E-state index in [9.17, 15) is 24.2 Å². The van der Waals surface area contributed by atoms with Crippen LogP contribution in [-0.2, 0) is 22.7 Å². The summed E-state index contributed by atoms with van der Waals surface area (Å²) in [5.74, 6) is -3.49. The number of carbonyl (C=O) groups is 1. The summed E-state index contributed by atoms with van der Waals surface area (Å²) in [6, 6.07) is 11.2. The summed E-state index contributed by atoms with van der Waals surface area (Å²) < 4.78 is 53.4. The van der Waals surface area contributed by atoms with Crippen LogP contribution in [0.3, 0.4) is 0 Å². The quantitative estimate of drug-likeness (QED) is 0.170. The van der Waals surface area contributed by atoms with E-state index in [4.69, 9.17) is 4.52 Å². The highest BCUT2D eigenvalue weighted by Crippen LogP contribution is 2.52. The second kappa shape index (κ2) is 12.5. The van der Waals surface area contributed by atoms with Gasteiger partial charge in [-0.1, -0.05) is 30.3 Å². The van der Waals surface area contributed by atoms with Crippen molar-refractivity contribution in [2.24, 2.45) is 13.0 Å². The minimum absolute atomic E-state index is 0.0157. The average molecular weight is 730 g/mol. The normalized spacial score (nSPS) is 18.8. The van der Waals surface area contributed by atoms with Gasteiger partial charge < -0.3 is 29.4 Å². The van der Waals surface area contributed by atoms with Crippen LogP contribution in [0.25, 0.3) is 44.1 Å². The Bertz CT molecular complexity index is 2550. The average Bonchev–Trinajstić information content (AvgIpc) is 3.82. The molecular formula is C36H34F2N7O6P. The van der Waals surface area contributed by atoms with Crippen molar-refractivity contribution in [3.05, 3.63) is 94.0 Å². The SMILES string of the molecule is CN1C[C@H]2CCN(c3c(-c4cnc5c(c4)c(=O)c(C(=O)O)cn5C)cnc4[nH]c5c(N(C)P(=O)(O)OCc6ccccc6)cc(F)c(F)c5c34)[C@H]2C1. The molecule has 0 amide bonds. The molecule has 8 rings (SSSR count). The Hall–Kier alpha value is -5.21. The van der Waals surface area contributed by atoms with E-state index in [0.717, 1.165) is 23.7 Å². The first-order chi connectivity index (χ1) is 24.8. The highest BCUT2D eigenvalue weighted by Gasteiger charge is 2.42. The van der Waals surface area contributed by atoms with E-state index in [0.29, 0.717) is 41.4 Å². The molecule has 3 N–H and O–H groups in total. The smallest absolute Gasteiger partial charge is 0.432 e. The maximum atomic E-state index is 16.3. The molecule has 16 heteroatoms. The number of anilines is 2. The molecule has 2 fully saturated rings. The first-order valence-electron chi connectivity index (χ1n) is 16.6. The van der Waals surface area contributed by atoms with Gasteiger partial charge in [-0.25, -0.2) is 28.1 Å². The number of nitrogens with one attached hydrogen (secondary N) is 1. The topological polar surface area (TPSA) is 157 Å². The van der Waals surface area contributed by atoms with Crippen LogP contribution < -0.4 is 15.0 Å². The number of aromatic amines is 1. The van der Waals surface area contributed by atoms with Crippen LogP contribution in [0.4, 0.5) is 20.2 Å². The maximum Gasteiger partial charge on any atom is 0.432 e. The molecule has 52 heavy (non-hydrogen) atoms. The Morgan fingerprint density at radius 1 is 1.12 bits per heavy atom. The van der Waals surface area contributed by atoms with E-state index in [-0.39, 0.29) is 51.3 Å². The fraction of sp³-hybridized carbons (Fsp3) is 0.278. The highest BCUT2D eigenvalue weighted by atomic mass is 31.2. The van der Waals surface area contributed by atoms with E-state index < -0.39 is 36.3 Å². The molecule has 3 atom stereocenters. The summed E-state index contributed by atoms with van der Waals surface area (Å²) in [6.45, 7) is 1.97. The zero-order chi connectivity index (χ0) is 36.6. The van der Waals surface area contributed by atoms with Crippen molar-refractivity contribution in [2.45, 2.75) is 19.1 Å². The lowest BCUT2D eigenvalue weighted by Gasteiger charge is -2.29. The zero-order valence-electron chi connectivity index (χ0n) is 28.4. The molecule has 0 aliphatic carbocycles. The predicted molar refractivity (Wildman–Crippen MR) is 193 cm³/mol. The van der Waals surface area contributed by atoms with Crippen LogP contribution >= 0.6 is 7.75 Å². The van der Waals surface area contributed by atoms with Crippen molar-refractivity contribution < 1.29 is 32.7 Å². The van der Waals surface area contributed by atoms with Crippen molar-refractivity contribution in [1.82, 2.24) is 24.4 Å². The zero-order valence-corrected chi connectivity index (χ0v) is 29.3. The third-order valence-electron chi connectivity index (χ3n) is 10.3. The van der Waals surface area contributed by atoms with Gasteiger partial charge in [-0.05, 0) is 31.0 Å². The van der Waals surface area contributed by atoms with Gasteiger partial charge in [-0.2, -0.15) is 0 Å². The predicted octanol–water partition coefficient (Wildman–Crippen LogP) is 5.50. The van der Waals surface area contributed by atoms with Crippen molar-refractivity contribution in [1.29, 1.82) is 0 Å². The number of halogens is 2. The molecule has 6 aromatic rings. The number of aryl methyl sites for hydroxylation is 1. The molecular weight excluding hydrogens is 695 g/mol. The number of carboxylic acid groups (broad SMARTS) is 1. The number of carboxylic acids is 1. The molecule has 0 radical (unpaired) electrons. The molecule has 13 nitrogen and oxygen atoms in total. The van der Waals surface area contributed by atoms with Gasteiger partial charge in [0.15, 0.2) is 11.6 Å². The molecule has 1 unspecified atom stereocenters. The van der Waals surface area contributed by atoms with Gasteiger partial charge in [-0.3, -0.25) is 14.0 Å². The van der Waals surface area contributed by atoms with Crippen molar-refractivity contribution in [2.75, 3.05) is 43.3 Å². The Labute approximate surface area is 295 Å². The second-order valence-electron chi connectivity index (χ2n) is 13.5. The van der Waals surface area contributed by atoms with Crippen LogP contribution in [0.5, 0.6) is 0 Å². The van der Waals surface area contributed by atoms with Gasteiger partial charge in [0.05, 0.1) is 39.7 Å². The number of fused-ring (bicyclic) bond motifs is 5. The lowest BCUT2D eigenvalue weighted by molar-refractivity contribution is 0.0694. The highest BCUT2D eigenvalue weighted by molar-refractivity contribution is 7.54. The van der Waals surface area contributed by atoms with E-state index in [1.54, 1.807) is 55.8 Å². The Balaban J connectivity index is 1.36. The molecule has 0 bridgehead atoms. The van der Waals surface area contributed by atoms with Gasteiger partial charge in [-0.15, -0.1) is 0 Å². The molecule has 0 saturated carbocycles. The monoisotopic (exact) mass is 729 g/mol. The van der Waals surface area contributed by atoms with Gasteiger partial charge in [0, 0.05) is 75.6 Å². The van der Waals surface area contributed by atoms with Crippen LogP contribution in [0.2, 0.25) is 0 Å². The third-order valence-corrected chi connectivity index (χ3v) is 11.7. The number of rotatable bonds is 8. The van der Waals surface area contributed by atoms with Crippen LogP contribution in [-0.4, -0.2) is 80.2 Å². The minimum Gasteiger partial charge on any atom is -0.477 e. The third kappa shape index (κ3) is 5.43. The molecule has 0 spiro atoms. The minimum atomic E-state index is -4.60. The van der Waals surface area contributed by atoms with Crippen molar-refractivity contribution in [3.8, 4) is 11.1 Å². The summed E-state index contributed by atoms with van der Waals surface area (Å²) in [4.78, 5) is 52.9. The molecule has 4 aromatic heterocycles. The summed E-state index contributed by atoms with van der Waals surface area (Å²) in [5.41, 5.74) is 1.33. The molecule has 2 aliphatic heterocycles. The number of likely N-dealkylation sites (tertiary alicyclic amines) is 1. The van der Waals surface area contributed by atoms with Crippen LogP contribution in [0.15, 0.2) is 65.8 Å². The van der Waals surface area contributed by atoms with Crippen LogP contribution in [0.1, 0.15) is 22.3 Å². The Morgan fingerprint density at radius 3 is 2.63 bits per heavy atom. The van der Waals surface area contributed by atoms with E-state index in [1.165, 1.54) is 17.8 Å². The van der Waals surface area contributed by atoms with Gasteiger partial charge in [0.1, 0.15) is 16.9 Å². The van der Waals surface area contributed by atoms with E-state index in [1.807, 2.05) is 7.05 Å². The van der Waals surface area contributed by atoms with E-state index >= 15 is 8.78 Å². The number of aromatic carboxylic acids is 1. The van der Waals surface area contributed by atoms with E-state index in [2.05, 4.69) is 24.8 Å². The lowest BCUT2D eigenvalue weighted by Crippen LogP contribution is -2.35. The number of pyridine rings is 3. The van der Waals surface area contributed by atoms with Crippen molar-refractivity contribution in [3.63, 3.8) is 0 Å². The largest absolute Gasteiger partial charge is 0.477 e. The summed E-state index contributed by atoms with van der Waals surface area (Å²) >= 11 is 0. The molecule has 2 saturated heterocycles. The molecule has 2 aromatic carbocycles. The maximum absolute atomic E-state index is 16.3. The second-order valence-corrected chi connectivity index (χ2v) is 15.3. The van der Waals surface area contributed by atoms with Crippen LogP contribution in [0, 0.1) is 17.6 Å². The number of hydrogen-bond acceptors (Lipinski definition) is 8. The fourth-order valence-electron chi connectivity index (χ4n) is 7.76.